The lowest BCUT2D eigenvalue weighted by Gasteiger charge is -2.29. The van der Waals surface area contributed by atoms with E-state index in [1.807, 2.05) is 0 Å². The van der Waals surface area contributed by atoms with Crippen molar-refractivity contribution in [2.75, 3.05) is 19.8 Å². The van der Waals surface area contributed by atoms with Crippen molar-refractivity contribution in [3.63, 3.8) is 0 Å². The van der Waals surface area contributed by atoms with Gasteiger partial charge < -0.3 is 19.9 Å². The van der Waals surface area contributed by atoms with E-state index >= 15 is 0 Å². The second-order valence-corrected chi connectivity index (χ2v) is 8.51. The van der Waals surface area contributed by atoms with Gasteiger partial charge in [-0.1, -0.05) is 6.07 Å². The minimum Gasteiger partial charge on any atom is -0.486 e. The van der Waals surface area contributed by atoms with Crippen molar-refractivity contribution in [3.05, 3.63) is 58.7 Å². The third-order valence-electron chi connectivity index (χ3n) is 5.23. The summed E-state index contributed by atoms with van der Waals surface area (Å²) in [6.07, 6.45) is -0.950. The van der Waals surface area contributed by atoms with Crippen LogP contribution in [-0.2, 0) is 0 Å². The molecule has 2 aromatic carbocycles. The van der Waals surface area contributed by atoms with Crippen LogP contribution >= 0.6 is 0 Å². The Hall–Kier alpha value is -3.39. The van der Waals surface area contributed by atoms with Crippen LogP contribution in [0.15, 0.2) is 36.4 Å². The van der Waals surface area contributed by atoms with Crippen LogP contribution in [0.25, 0.3) is 0 Å². The number of nitrogens with one attached hydrogen (secondary N) is 1. The monoisotopic (exact) mass is 424 g/mol. The maximum Gasteiger partial charge on any atom is 0.262 e. The van der Waals surface area contributed by atoms with Gasteiger partial charge in [0.15, 0.2) is 11.5 Å². The standard InChI is InChI=1S/C23H24N2O6/c1-23(2,3)25-21(28)15-6-4-14(10-16(15)22(25)29)20(27)24-12-17(26)13-5-7-18-19(11-13)31-9-8-30-18/h4-7,10-11,17,26H,8-9,12H2,1-3H3,(H,24,27). The third-order valence-corrected chi connectivity index (χ3v) is 5.23. The summed E-state index contributed by atoms with van der Waals surface area (Å²) in [5.74, 6) is -0.0620. The van der Waals surface area contributed by atoms with E-state index in [1.54, 1.807) is 39.0 Å². The highest BCUT2D eigenvalue weighted by atomic mass is 16.6. The summed E-state index contributed by atoms with van der Waals surface area (Å²) in [5, 5.41) is 13.1. The van der Waals surface area contributed by atoms with Crippen molar-refractivity contribution in [2.45, 2.75) is 32.4 Å². The molecule has 8 heteroatoms. The molecule has 2 aromatic rings. The maximum absolute atomic E-state index is 12.7. The fraction of sp³-hybridized carbons (Fsp3) is 0.348. The highest BCUT2D eigenvalue weighted by Crippen LogP contribution is 2.33. The van der Waals surface area contributed by atoms with Crippen LogP contribution in [0.1, 0.15) is 63.5 Å². The number of aliphatic hydroxyl groups is 1. The van der Waals surface area contributed by atoms with Gasteiger partial charge >= 0.3 is 0 Å². The summed E-state index contributed by atoms with van der Waals surface area (Å²) in [6.45, 7) is 6.23. The molecule has 0 aliphatic carbocycles. The number of ether oxygens (including phenoxy) is 2. The molecule has 0 radical (unpaired) electrons. The van der Waals surface area contributed by atoms with Crippen LogP contribution in [0.3, 0.4) is 0 Å². The second-order valence-electron chi connectivity index (χ2n) is 8.51. The molecule has 2 aliphatic rings. The molecular weight excluding hydrogens is 400 g/mol. The van der Waals surface area contributed by atoms with Crippen LogP contribution < -0.4 is 14.8 Å². The van der Waals surface area contributed by atoms with Gasteiger partial charge in [-0.3, -0.25) is 19.3 Å². The van der Waals surface area contributed by atoms with Crippen LogP contribution in [0.4, 0.5) is 0 Å². The van der Waals surface area contributed by atoms with Crippen LogP contribution in [-0.4, -0.2) is 53.0 Å². The Balaban J connectivity index is 1.45. The largest absolute Gasteiger partial charge is 0.486 e. The van der Waals surface area contributed by atoms with E-state index in [0.29, 0.717) is 30.3 Å². The lowest BCUT2D eigenvalue weighted by Crippen LogP contribution is -2.45. The maximum atomic E-state index is 12.7. The van der Waals surface area contributed by atoms with Gasteiger partial charge in [-0.15, -0.1) is 0 Å². The van der Waals surface area contributed by atoms with Gasteiger partial charge in [0.05, 0.1) is 17.2 Å². The molecule has 2 heterocycles. The number of imide groups is 1. The zero-order valence-electron chi connectivity index (χ0n) is 17.6. The van der Waals surface area contributed by atoms with Gasteiger partial charge in [-0.05, 0) is 56.7 Å². The van der Waals surface area contributed by atoms with E-state index in [9.17, 15) is 19.5 Å². The summed E-state index contributed by atoms with van der Waals surface area (Å²) in [4.78, 5) is 39.1. The molecule has 3 amide bonds. The Kier molecular flexibility index (Phi) is 5.18. The summed E-state index contributed by atoms with van der Waals surface area (Å²) < 4.78 is 11.0. The van der Waals surface area contributed by atoms with Crippen LogP contribution in [0.2, 0.25) is 0 Å². The van der Waals surface area contributed by atoms with E-state index in [2.05, 4.69) is 5.32 Å². The zero-order valence-corrected chi connectivity index (χ0v) is 17.6. The molecule has 0 aromatic heterocycles. The first-order valence-corrected chi connectivity index (χ1v) is 10.1. The normalized spacial score (nSPS) is 16.2. The van der Waals surface area contributed by atoms with Crippen molar-refractivity contribution in [3.8, 4) is 11.5 Å². The quantitative estimate of drug-likeness (QED) is 0.730. The molecule has 4 rings (SSSR count). The fourth-order valence-electron chi connectivity index (χ4n) is 3.67. The highest BCUT2D eigenvalue weighted by Gasteiger charge is 2.42. The van der Waals surface area contributed by atoms with Gasteiger partial charge in [-0.25, -0.2) is 0 Å². The van der Waals surface area contributed by atoms with Crippen molar-refractivity contribution >= 4 is 17.7 Å². The molecule has 31 heavy (non-hydrogen) atoms. The smallest absolute Gasteiger partial charge is 0.262 e. The average molecular weight is 424 g/mol. The minimum atomic E-state index is -0.950. The molecule has 1 unspecified atom stereocenters. The predicted octanol–water partition coefficient (Wildman–Crippen LogP) is 2.32. The zero-order chi connectivity index (χ0) is 22.3. The van der Waals surface area contributed by atoms with E-state index in [0.717, 1.165) is 0 Å². The molecule has 0 bridgehead atoms. The number of amides is 3. The molecule has 162 valence electrons. The summed E-state index contributed by atoms with van der Waals surface area (Å²) in [6, 6.07) is 9.54. The molecule has 2 aliphatic heterocycles. The molecule has 1 atom stereocenters. The Morgan fingerprint density at radius 3 is 2.42 bits per heavy atom. The Morgan fingerprint density at radius 2 is 1.71 bits per heavy atom. The summed E-state index contributed by atoms with van der Waals surface area (Å²) in [5.41, 5.74) is 0.654. The minimum absolute atomic E-state index is 0.0312. The number of rotatable bonds is 4. The molecule has 0 spiro atoms. The van der Waals surface area contributed by atoms with Crippen molar-refractivity contribution in [1.82, 2.24) is 10.2 Å². The molecule has 0 fully saturated rings. The van der Waals surface area contributed by atoms with Crippen molar-refractivity contribution < 1.29 is 29.0 Å². The van der Waals surface area contributed by atoms with Crippen LogP contribution in [0, 0.1) is 0 Å². The Morgan fingerprint density at radius 1 is 1.03 bits per heavy atom. The van der Waals surface area contributed by atoms with E-state index in [4.69, 9.17) is 9.47 Å². The molecule has 8 nitrogen and oxygen atoms in total. The Labute approximate surface area is 179 Å². The topological polar surface area (TPSA) is 105 Å². The molecule has 0 saturated carbocycles. The number of fused-ring (bicyclic) bond motifs is 2. The first-order valence-electron chi connectivity index (χ1n) is 10.1. The lowest BCUT2D eigenvalue weighted by atomic mass is 10.0. The van der Waals surface area contributed by atoms with Gasteiger partial charge in [0, 0.05) is 17.6 Å². The Bertz CT molecular complexity index is 1070. The lowest BCUT2D eigenvalue weighted by molar-refractivity contribution is 0.0507. The SMILES string of the molecule is CC(C)(C)N1C(=O)c2ccc(C(=O)NCC(O)c3ccc4c(c3)OCCO4)cc2C1=O. The van der Waals surface area contributed by atoms with Gasteiger partial charge in [-0.2, -0.15) is 0 Å². The second kappa shape index (κ2) is 7.70. The highest BCUT2D eigenvalue weighted by molar-refractivity contribution is 6.22. The number of nitrogens with zero attached hydrogens (tertiary/aromatic N) is 1. The summed E-state index contributed by atoms with van der Waals surface area (Å²) >= 11 is 0. The van der Waals surface area contributed by atoms with Gasteiger partial charge in [0.25, 0.3) is 17.7 Å². The number of benzene rings is 2. The molecular formula is C23H24N2O6. The van der Waals surface area contributed by atoms with E-state index in [1.165, 1.54) is 23.1 Å². The predicted molar refractivity (Wildman–Crippen MR) is 111 cm³/mol. The van der Waals surface area contributed by atoms with Crippen molar-refractivity contribution in [1.29, 1.82) is 0 Å². The van der Waals surface area contributed by atoms with Crippen LogP contribution in [0.5, 0.6) is 11.5 Å². The molecule has 2 N–H and O–H groups in total. The fourth-order valence-corrected chi connectivity index (χ4v) is 3.67. The average Bonchev–Trinajstić information content (AvgIpc) is 3.01. The van der Waals surface area contributed by atoms with Gasteiger partial charge in [0.2, 0.25) is 0 Å². The van der Waals surface area contributed by atoms with Gasteiger partial charge in [0.1, 0.15) is 13.2 Å². The number of hydrogen-bond acceptors (Lipinski definition) is 6. The molecule has 0 saturated heterocycles. The number of aliphatic hydroxyl groups excluding tert-OH is 1. The number of hydrogen-bond donors (Lipinski definition) is 2. The summed E-state index contributed by atoms with van der Waals surface area (Å²) in [7, 11) is 0. The number of carbonyl (C=O) groups is 3. The first-order chi connectivity index (χ1) is 14.7. The third kappa shape index (κ3) is 3.86. The first kappa shape index (κ1) is 20.9. The van der Waals surface area contributed by atoms with E-state index < -0.39 is 23.5 Å². The van der Waals surface area contributed by atoms with E-state index in [-0.39, 0.29) is 29.1 Å². The number of carbonyl (C=O) groups excluding carboxylic acids is 3. The van der Waals surface area contributed by atoms with Crippen molar-refractivity contribution in [2.24, 2.45) is 0 Å².